The fourth-order valence-electron chi connectivity index (χ4n) is 3.34. The molecule has 168 valence electrons. The van der Waals surface area contributed by atoms with Gasteiger partial charge < -0.3 is 14.2 Å². The van der Waals surface area contributed by atoms with Crippen molar-refractivity contribution in [3.63, 3.8) is 0 Å². The average Bonchev–Trinajstić information content (AvgIpc) is 2.78. The van der Waals surface area contributed by atoms with Crippen LogP contribution in [0.5, 0.6) is 11.5 Å². The number of ether oxygens (including phenoxy) is 3. The lowest BCUT2D eigenvalue weighted by Crippen LogP contribution is -2.40. The Hall–Kier alpha value is -2.72. The second-order valence-electron chi connectivity index (χ2n) is 6.96. The van der Waals surface area contributed by atoms with Gasteiger partial charge in [0.2, 0.25) is 10.0 Å². The van der Waals surface area contributed by atoms with Crippen molar-refractivity contribution in [3.8, 4) is 11.5 Å². The van der Waals surface area contributed by atoms with Gasteiger partial charge in [0.25, 0.3) is 0 Å². The zero-order valence-corrected chi connectivity index (χ0v) is 17.7. The van der Waals surface area contributed by atoms with Crippen LogP contribution in [0.1, 0.15) is 18.4 Å². The quantitative estimate of drug-likeness (QED) is 0.567. The summed E-state index contributed by atoms with van der Waals surface area (Å²) >= 11 is 0. The van der Waals surface area contributed by atoms with E-state index in [4.69, 9.17) is 9.47 Å². The van der Waals surface area contributed by atoms with Crippen molar-refractivity contribution in [3.05, 3.63) is 54.1 Å². The van der Waals surface area contributed by atoms with Crippen LogP contribution in [-0.4, -0.2) is 45.5 Å². The number of rotatable bonds is 8. The van der Waals surface area contributed by atoms with E-state index >= 15 is 0 Å². The van der Waals surface area contributed by atoms with Crippen LogP contribution in [0.25, 0.3) is 0 Å². The van der Waals surface area contributed by atoms with Gasteiger partial charge in [0.05, 0.1) is 17.9 Å². The molecule has 0 bridgehead atoms. The molecule has 0 aliphatic carbocycles. The second-order valence-corrected chi connectivity index (χ2v) is 8.90. The van der Waals surface area contributed by atoms with E-state index in [-0.39, 0.29) is 36.1 Å². The minimum absolute atomic E-state index is 0.0628. The van der Waals surface area contributed by atoms with Crippen molar-refractivity contribution in [2.24, 2.45) is 5.92 Å². The van der Waals surface area contributed by atoms with Crippen LogP contribution >= 0.6 is 0 Å². The van der Waals surface area contributed by atoms with Crippen molar-refractivity contribution in [2.75, 3.05) is 20.2 Å². The van der Waals surface area contributed by atoms with Gasteiger partial charge in [-0.15, -0.1) is 0 Å². The Bertz CT molecular complexity index is 992. The molecule has 7 nitrogen and oxygen atoms in total. The molecule has 1 fully saturated rings. The van der Waals surface area contributed by atoms with Gasteiger partial charge >= 0.3 is 12.6 Å². The number of carbonyl (C=O) groups is 1. The standard InChI is InChI=1S/C21H23F2NO6S/c1-28-19-13-15(7-8-18(19)30-21(22)23)14-29-20(25)16-9-11-24(12-10-16)31(26,27)17-5-3-2-4-6-17/h2-8,13,16,21H,9-12,14H2,1H3. The first-order valence-electron chi connectivity index (χ1n) is 9.65. The Labute approximate surface area is 179 Å². The summed E-state index contributed by atoms with van der Waals surface area (Å²) in [7, 11) is -2.26. The first kappa shape index (κ1) is 23.0. The molecule has 0 amide bonds. The summed E-state index contributed by atoms with van der Waals surface area (Å²) in [6, 6.07) is 12.4. The third kappa shape index (κ3) is 5.71. The fourth-order valence-corrected chi connectivity index (χ4v) is 4.83. The number of esters is 1. The number of sulfonamides is 1. The maximum Gasteiger partial charge on any atom is 0.387 e. The fraction of sp³-hybridized carbons (Fsp3) is 0.381. The SMILES string of the molecule is COc1cc(COC(=O)C2CCN(S(=O)(=O)c3ccccc3)CC2)ccc1OC(F)F. The molecular formula is C21H23F2NO6S. The van der Waals surface area contributed by atoms with Gasteiger partial charge in [-0.1, -0.05) is 24.3 Å². The van der Waals surface area contributed by atoms with E-state index in [1.807, 2.05) is 0 Å². The molecule has 0 atom stereocenters. The predicted molar refractivity (Wildman–Crippen MR) is 107 cm³/mol. The predicted octanol–water partition coefficient (Wildman–Crippen LogP) is 3.44. The van der Waals surface area contributed by atoms with Gasteiger partial charge in [0.15, 0.2) is 11.5 Å². The van der Waals surface area contributed by atoms with Crippen molar-refractivity contribution in [1.82, 2.24) is 4.31 Å². The molecule has 2 aromatic carbocycles. The Kier molecular flexibility index (Phi) is 7.45. The highest BCUT2D eigenvalue weighted by molar-refractivity contribution is 7.89. The zero-order chi connectivity index (χ0) is 22.4. The molecule has 3 rings (SSSR count). The summed E-state index contributed by atoms with van der Waals surface area (Å²) < 4.78 is 66.3. The molecule has 0 spiro atoms. The molecule has 1 aliphatic rings. The monoisotopic (exact) mass is 455 g/mol. The van der Waals surface area contributed by atoms with Gasteiger partial charge in [-0.3, -0.25) is 4.79 Å². The molecule has 0 N–H and O–H groups in total. The summed E-state index contributed by atoms with van der Waals surface area (Å²) in [6.45, 7) is -2.59. The van der Waals surface area contributed by atoms with E-state index in [1.54, 1.807) is 30.3 Å². The highest BCUT2D eigenvalue weighted by Crippen LogP contribution is 2.30. The summed E-state index contributed by atoms with van der Waals surface area (Å²) in [6.07, 6.45) is 0.713. The highest BCUT2D eigenvalue weighted by atomic mass is 32.2. The Morgan fingerprint density at radius 1 is 1.10 bits per heavy atom. The topological polar surface area (TPSA) is 82.1 Å². The number of hydrogen-bond donors (Lipinski definition) is 0. The second kappa shape index (κ2) is 10.1. The normalized spacial score (nSPS) is 15.6. The van der Waals surface area contributed by atoms with Gasteiger partial charge in [-0.05, 0) is 42.7 Å². The smallest absolute Gasteiger partial charge is 0.387 e. The maximum absolute atomic E-state index is 12.7. The molecule has 1 heterocycles. The Balaban J connectivity index is 1.54. The number of hydrogen-bond acceptors (Lipinski definition) is 6. The van der Waals surface area contributed by atoms with Crippen molar-refractivity contribution in [2.45, 2.75) is 31.0 Å². The average molecular weight is 455 g/mol. The number of alkyl halides is 2. The lowest BCUT2D eigenvalue weighted by molar-refractivity contribution is -0.151. The number of benzene rings is 2. The number of methoxy groups -OCH3 is 1. The minimum Gasteiger partial charge on any atom is -0.493 e. The van der Waals surface area contributed by atoms with E-state index < -0.39 is 28.5 Å². The summed E-state index contributed by atoms with van der Waals surface area (Å²) in [5.41, 5.74) is 0.552. The molecule has 1 saturated heterocycles. The molecule has 10 heteroatoms. The molecule has 0 unspecified atom stereocenters. The first-order valence-corrected chi connectivity index (χ1v) is 11.1. The molecule has 0 saturated carbocycles. The van der Waals surface area contributed by atoms with Gasteiger partial charge in [-0.2, -0.15) is 13.1 Å². The third-order valence-corrected chi connectivity index (χ3v) is 6.91. The van der Waals surface area contributed by atoms with E-state index in [9.17, 15) is 22.0 Å². The van der Waals surface area contributed by atoms with Crippen LogP contribution in [0.3, 0.4) is 0 Å². The van der Waals surface area contributed by atoms with Crippen LogP contribution < -0.4 is 9.47 Å². The maximum atomic E-state index is 12.7. The van der Waals surface area contributed by atoms with E-state index in [0.717, 1.165) is 0 Å². The molecular weight excluding hydrogens is 432 g/mol. The summed E-state index contributed by atoms with van der Waals surface area (Å²) in [5.74, 6) is -0.845. The van der Waals surface area contributed by atoms with Gasteiger partial charge in [0.1, 0.15) is 6.61 Å². The van der Waals surface area contributed by atoms with Crippen LogP contribution in [0.2, 0.25) is 0 Å². The highest BCUT2D eigenvalue weighted by Gasteiger charge is 2.32. The van der Waals surface area contributed by atoms with Crippen molar-refractivity contribution < 1.29 is 36.2 Å². The number of halogens is 2. The molecule has 0 aromatic heterocycles. The Morgan fingerprint density at radius 3 is 2.39 bits per heavy atom. The largest absolute Gasteiger partial charge is 0.493 e. The van der Waals surface area contributed by atoms with E-state index in [0.29, 0.717) is 18.4 Å². The van der Waals surface area contributed by atoms with Crippen molar-refractivity contribution in [1.29, 1.82) is 0 Å². The lowest BCUT2D eigenvalue weighted by atomic mass is 9.98. The zero-order valence-electron chi connectivity index (χ0n) is 16.9. The van der Waals surface area contributed by atoms with Crippen molar-refractivity contribution >= 4 is 16.0 Å². The van der Waals surface area contributed by atoms with Crippen LogP contribution in [-0.2, 0) is 26.2 Å². The van der Waals surface area contributed by atoms with E-state index in [2.05, 4.69) is 4.74 Å². The van der Waals surface area contributed by atoms with Gasteiger partial charge in [0, 0.05) is 13.1 Å². The van der Waals surface area contributed by atoms with Crippen LogP contribution in [0.4, 0.5) is 8.78 Å². The Morgan fingerprint density at radius 2 is 1.77 bits per heavy atom. The molecule has 31 heavy (non-hydrogen) atoms. The minimum atomic E-state index is -3.58. The summed E-state index contributed by atoms with van der Waals surface area (Å²) in [5, 5.41) is 0. The third-order valence-electron chi connectivity index (χ3n) is 4.99. The van der Waals surface area contributed by atoms with Crippen LogP contribution in [0.15, 0.2) is 53.4 Å². The van der Waals surface area contributed by atoms with E-state index in [1.165, 1.54) is 29.6 Å². The number of piperidine rings is 1. The van der Waals surface area contributed by atoms with Gasteiger partial charge in [-0.25, -0.2) is 8.42 Å². The molecule has 2 aromatic rings. The summed E-state index contributed by atoms with van der Waals surface area (Å²) in [4.78, 5) is 12.6. The molecule has 0 radical (unpaired) electrons. The number of nitrogens with zero attached hydrogens (tertiary/aromatic N) is 1. The first-order chi connectivity index (χ1) is 14.8. The number of carbonyl (C=O) groups excluding carboxylic acids is 1. The molecule has 1 aliphatic heterocycles. The van der Waals surface area contributed by atoms with Crippen LogP contribution in [0, 0.1) is 5.92 Å². The lowest BCUT2D eigenvalue weighted by Gasteiger charge is -2.30.